The van der Waals surface area contributed by atoms with Crippen LogP contribution in [0.25, 0.3) is 11.2 Å². The lowest BCUT2D eigenvalue weighted by Gasteiger charge is -2.04. The number of ether oxygens (including phenoxy) is 1. The van der Waals surface area contributed by atoms with Gasteiger partial charge in [-0.25, -0.2) is 4.98 Å². The second-order valence-corrected chi connectivity index (χ2v) is 4.22. The van der Waals surface area contributed by atoms with E-state index in [1.165, 1.54) is 6.42 Å². The van der Waals surface area contributed by atoms with Crippen molar-refractivity contribution in [1.29, 1.82) is 0 Å². The monoisotopic (exact) mass is 232 g/mol. The Kier molecular flexibility index (Phi) is 2.68. The highest BCUT2D eigenvalue weighted by Crippen LogP contribution is 2.23. The van der Waals surface area contributed by atoms with Crippen molar-refractivity contribution in [2.45, 2.75) is 25.8 Å². The van der Waals surface area contributed by atoms with Gasteiger partial charge in [0.25, 0.3) is 0 Å². The first-order valence-electron chi connectivity index (χ1n) is 6.09. The van der Waals surface area contributed by atoms with E-state index in [4.69, 9.17) is 4.74 Å². The number of aromatic nitrogens is 3. The van der Waals surface area contributed by atoms with E-state index < -0.39 is 0 Å². The van der Waals surface area contributed by atoms with Crippen LogP contribution in [0.3, 0.4) is 0 Å². The van der Waals surface area contributed by atoms with E-state index in [9.17, 15) is 0 Å². The van der Waals surface area contributed by atoms with Crippen molar-refractivity contribution in [3.05, 3.63) is 18.0 Å². The number of imidazole rings is 1. The highest BCUT2D eigenvalue weighted by molar-refractivity contribution is 5.71. The Morgan fingerprint density at radius 2 is 2.35 bits per heavy atom. The molecular weight excluding hydrogens is 216 g/mol. The summed E-state index contributed by atoms with van der Waals surface area (Å²) >= 11 is 0. The van der Waals surface area contributed by atoms with Crippen LogP contribution >= 0.6 is 0 Å². The van der Waals surface area contributed by atoms with Crippen LogP contribution < -0.4 is 10.1 Å². The molecule has 0 saturated carbocycles. The number of hydrogen-bond donors (Lipinski definition) is 2. The van der Waals surface area contributed by atoms with Crippen LogP contribution in [0.5, 0.6) is 5.88 Å². The van der Waals surface area contributed by atoms with Crippen LogP contribution in [0.2, 0.25) is 0 Å². The number of rotatable bonds is 3. The number of aromatic amines is 1. The molecule has 1 fully saturated rings. The second-order valence-electron chi connectivity index (χ2n) is 4.22. The van der Waals surface area contributed by atoms with Gasteiger partial charge in [0.05, 0.1) is 18.2 Å². The van der Waals surface area contributed by atoms with Gasteiger partial charge in [-0.3, -0.25) is 0 Å². The third-order valence-electron chi connectivity index (χ3n) is 3.02. The first-order chi connectivity index (χ1) is 8.36. The normalized spacial score (nSPS) is 19.9. The minimum absolute atomic E-state index is 0.347. The average Bonchev–Trinajstić information content (AvgIpc) is 2.97. The summed E-state index contributed by atoms with van der Waals surface area (Å²) in [6.07, 6.45) is 2.34. The zero-order chi connectivity index (χ0) is 11.7. The van der Waals surface area contributed by atoms with Crippen LogP contribution in [0.15, 0.2) is 12.1 Å². The van der Waals surface area contributed by atoms with Crippen molar-refractivity contribution >= 4 is 11.2 Å². The number of fused-ring (bicyclic) bond motifs is 1. The molecule has 3 rings (SSSR count). The Hall–Kier alpha value is -1.62. The third-order valence-corrected chi connectivity index (χ3v) is 3.02. The molecule has 1 saturated heterocycles. The highest BCUT2D eigenvalue weighted by Gasteiger charge is 2.19. The van der Waals surface area contributed by atoms with Crippen molar-refractivity contribution in [2.24, 2.45) is 0 Å². The molecule has 2 aromatic rings. The Morgan fingerprint density at radius 1 is 1.41 bits per heavy atom. The fraction of sp³-hybridized carbons (Fsp3) is 0.500. The molecule has 0 spiro atoms. The zero-order valence-electron chi connectivity index (χ0n) is 9.86. The summed E-state index contributed by atoms with van der Waals surface area (Å²) in [7, 11) is 0. The molecule has 0 amide bonds. The maximum absolute atomic E-state index is 5.37. The SMILES string of the molecule is CCOc1ccc2[nH]c(C3CCCN3)nc2n1. The van der Waals surface area contributed by atoms with Crippen molar-refractivity contribution < 1.29 is 4.74 Å². The lowest BCUT2D eigenvalue weighted by atomic mass is 10.2. The van der Waals surface area contributed by atoms with E-state index in [0.717, 1.165) is 30.0 Å². The smallest absolute Gasteiger partial charge is 0.215 e. The number of nitrogens with zero attached hydrogens (tertiary/aromatic N) is 2. The van der Waals surface area contributed by atoms with Gasteiger partial charge in [-0.15, -0.1) is 0 Å². The lowest BCUT2D eigenvalue weighted by molar-refractivity contribution is 0.328. The van der Waals surface area contributed by atoms with Crippen LogP contribution in [0, 0.1) is 0 Å². The van der Waals surface area contributed by atoms with E-state index in [1.54, 1.807) is 0 Å². The molecule has 17 heavy (non-hydrogen) atoms. The van der Waals surface area contributed by atoms with Crippen LogP contribution in [-0.4, -0.2) is 28.1 Å². The fourth-order valence-electron chi connectivity index (χ4n) is 2.21. The second kappa shape index (κ2) is 4.33. The van der Waals surface area contributed by atoms with E-state index in [1.807, 2.05) is 19.1 Å². The van der Waals surface area contributed by atoms with Crippen LogP contribution in [0.4, 0.5) is 0 Å². The van der Waals surface area contributed by atoms with Gasteiger partial charge >= 0.3 is 0 Å². The Balaban J connectivity index is 1.94. The molecule has 1 aliphatic rings. The largest absolute Gasteiger partial charge is 0.478 e. The summed E-state index contributed by atoms with van der Waals surface area (Å²) in [5.41, 5.74) is 1.71. The Labute approximate surface area is 99.6 Å². The van der Waals surface area contributed by atoms with E-state index in [0.29, 0.717) is 18.5 Å². The molecule has 5 heteroatoms. The predicted octanol–water partition coefficient (Wildman–Crippen LogP) is 1.78. The Bertz CT molecular complexity index is 516. The summed E-state index contributed by atoms with van der Waals surface area (Å²) in [5.74, 6) is 1.62. The maximum Gasteiger partial charge on any atom is 0.215 e. The molecule has 2 N–H and O–H groups in total. The lowest BCUT2D eigenvalue weighted by Crippen LogP contribution is -2.14. The summed E-state index contributed by atoms with van der Waals surface area (Å²) in [4.78, 5) is 12.2. The molecule has 90 valence electrons. The van der Waals surface area contributed by atoms with Crippen LogP contribution in [-0.2, 0) is 0 Å². The van der Waals surface area contributed by atoms with Gasteiger partial charge in [-0.1, -0.05) is 0 Å². The predicted molar refractivity (Wildman–Crippen MR) is 65.0 cm³/mol. The molecule has 0 bridgehead atoms. The third kappa shape index (κ3) is 1.98. The average molecular weight is 232 g/mol. The fourth-order valence-corrected chi connectivity index (χ4v) is 2.21. The summed E-state index contributed by atoms with van der Waals surface area (Å²) in [6.45, 7) is 3.64. The summed E-state index contributed by atoms with van der Waals surface area (Å²) in [6, 6.07) is 4.19. The van der Waals surface area contributed by atoms with Gasteiger partial charge in [0.15, 0.2) is 5.65 Å². The van der Waals surface area contributed by atoms with E-state index in [-0.39, 0.29) is 0 Å². The van der Waals surface area contributed by atoms with Crippen molar-refractivity contribution in [2.75, 3.05) is 13.2 Å². The maximum atomic E-state index is 5.37. The molecule has 0 aromatic carbocycles. The minimum Gasteiger partial charge on any atom is -0.478 e. The minimum atomic E-state index is 0.347. The summed E-state index contributed by atoms with van der Waals surface area (Å²) < 4.78 is 5.37. The standard InChI is InChI=1S/C12H16N4O/c1-2-17-10-6-5-9-12(15-10)16-11(14-9)8-4-3-7-13-8/h5-6,8,13H,2-4,7H2,1H3,(H,14,15,16). The van der Waals surface area contributed by atoms with Gasteiger partial charge in [0.1, 0.15) is 5.82 Å². The Morgan fingerprint density at radius 3 is 3.12 bits per heavy atom. The highest BCUT2D eigenvalue weighted by atomic mass is 16.5. The molecule has 1 atom stereocenters. The first kappa shape index (κ1) is 10.5. The van der Waals surface area contributed by atoms with Gasteiger partial charge < -0.3 is 15.0 Å². The molecule has 1 unspecified atom stereocenters. The number of nitrogens with one attached hydrogen (secondary N) is 2. The quantitative estimate of drug-likeness (QED) is 0.846. The van der Waals surface area contributed by atoms with Crippen molar-refractivity contribution in [3.8, 4) is 5.88 Å². The van der Waals surface area contributed by atoms with Crippen molar-refractivity contribution in [1.82, 2.24) is 20.3 Å². The summed E-state index contributed by atoms with van der Waals surface area (Å²) in [5, 5.41) is 3.42. The number of hydrogen-bond acceptors (Lipinski definition) is 4. The molecule has 2 aromatic heterocycles. The van der Waals surface area contributed by atoms with Gasteiger partial charge in [-0.2, -0.15) is 4.98 Å². The molecular formula is C12H16N4O. The van der Waals surface area contributed by atoms with E-state index >= 15 is 0 Å². The topological polar surface area (TPSA) is 62.8 Å². The zero-order valence-corrected chi connectivity index (χ0v) is 9.86. The molecule has 0 aliphatic carbocycles. The van der Waals surface area contributed by atoms with Gasteiger partial charge in [0, 0.05) is 6.07 Å². The van der Waals surface area contributed by atoms with Crippen LogP contribution in [0.1, 0.15) is 31.6 Å². The molecule has 3 heterocycles. The number of H-pyrrole nitrogens is 1. The first-order valence-corrected chi connectivity index (χ1v) is 6.09. The molecule has 1 aliphatic heterocycles. The molecule has 0 radical (unpaired) electrons. The number of pyridine rings is 1. The van der Waals surface area contributed by atoms with Gasteiger partial charge in [-0.05, 0) is 32.4 Å². The van der Waals surface area contributed by atoms with E-state index in [2.05, 4.69) is 20.3 Å². The van der Waals surface area contributed by atoms with Gasteiger partial charge in [0.2, 0.25) is 5.88 Å². The molecule has 5 nitrogen and oxygen atoms in total. The van der Waals surface area contributed by atoms with Crippen molar-refractivity contribution in [3.63, 3.8) is 0 Å².